The van der Waals surface area contributed by atoms with E-state index in [4.69, 9.17) is 16.7 Å². The summed E-state index contributed by atoms with van der Waals surface area (Å²) in [6.45, 7) is 0.816. The Hall–Kier alpha value is -1.28. The minimum absolute atomic E-state index is 0.108. The normalized spacial score (nSPS) is 10.0. The molecule has 3 nitrogen and oxygen atoms in total. The predicted molar refractivity (Wildman–Crippen MR) is 69.2 cm³/mol. The summed E-state index contributed by atoms with van der Waals surface area (Å²) < 4.78 is 1.79. The molecule has 5 heteroatoms. The average molecular weight is 267 g/mol. The van der Waals surface area contributed by atoms with E-state index in [1.165, 1.54) is 4.88 Å². The Morgan fingerprint density at radius 3 is 3.06 bits per heavy atom. The molecule has 0 aliphatic heterocycles. The molecule has 0 bridgehead atoms. The van der Waals surface area contributed by atoms with Crippen molar-refractivity contribution >= 4 is 22.9 Å². The molecule has 0 aromatic carbocycles. The van der Waals surface area contributed by atoms with Crippen molar-refractivity contribution in [3.05, 3.63) is 39.3 Å². The lowest BCUT2D eigenvalue weighted by atomic mass is 10.4. The summed E-state index contributed by atoms with van der Waals surface area (Å²) in [6.07, 6.45) is 3.93. The van der Waals surface area contributed by atoms with E-state index in [0.717, 1.165) is 4.88 Å². The van der Waals surface area contributed by atoms with Crippen molar-refractivity contribution in [1.29, 1.82) is 0 Å². The number of aliphatic hydroxyl groups is 1. The minimum atomic E-state index is 0.108. The molecule has 88 valence electrons. The second-order valence-electron chi connectivity index (χ2n) is 3.40. The van der Waals surface area contributed by atoms with Gasteiger partial charge in [-0.1, -0.05) is 23.4 Å². The first-order chi connectivity index (χ1) is 8.28. The van der Waals surface area contributed by atoms with Crippen LogP contribution in [0.1, 0.15) is 16.2 Å². The Balaban J connectivity index is 2.02. The number of rotatable bonds is 3. The molecule has 17 heavy (non-hydrogen) atoms. The zero-order valence-corrected chi connectivity index (χ0v) is 10.6. The van der Waals surface area contributed by atoms with E-state index in [1.807, 2.05) is 12.1 Å². The molecule has 0 saturated heterocycles. The molecule has 2 aromatic heterocycles. The van der Waals surface area contributed by atoms with Crippen LogP contribution in [0.3, 0.4) is 0 Å². The molecular weight excluding hydrogens is 256 g/mol. The lowest BCUT2D eigenvalue weighted by Crippen LogP contribution is -1.96. The largest absolute Gasteiger partial charge is 0.395 e. The van der Waals surface area contributed by atoms with Crippen LogP contribution in [0.5, 0.6) is 0 Å². The smallest absolute Gasteiger partial charge is 0.0785 e. The lowest BCUT2D eigenvalue weighted by molar-refractivity contribution is 0.305. The second-order valence-corrected chi connectivity index (χ2v) is 5.00. The molecule has 0 amide bonds. The van der Waals surface area contributed by atoms with Gasteiger partial charge < -0.3 is 5.11 Å². The van der Waals surface area contributed by atoms with E-state index in [2.05, 4.69) is 16.9 Å². The molecule has 2 rings (SSSR count). The summed E-state index contributed by atoms with van der Waals surface area (Å²) >= 11 is 7.42. The highest BCUT2D eigenvalue weighted by Gasteiger charge is 2.00. The van der Waals surface area contributed by atoms with Gasteiger partial charge in [0.15, 0.2) is 0 Å². The van der Waals surface area contributed by atoms with Gasteiger partial charge in [0.05, 0.1) is 29.2 Å². The first-order valence-electron chi connectivity index (χ1n) is 5.14. The Morgan fingerprint density at radius 1 is 1.47 bits per heavy atom. The second kappa shape index (κ2) is 5.87. The van der Waals surface area contributed by atoms with Gasteiger partial charge in [-0.05, 0) is 12.1 Å². The van der Waals surface area contributed by atoms with Crippen LogP contribution < -0.4 is 0 Å². The fraction of sp³-hybridized carbons (Fsp3) is 0.250. The van der Waals surface area contributed by atoms with Gasteiger partial charge >= 0.3 is 0 Å². The van der Waals surface area contributed by atoms with Crippen LogP contribution >= 0.6 is 22.9 Å². The molecule has 0 spiro atoms. The number of thiophene rings is 1. The van der Waals surface area contributed by atoms with E-state index in [-0.39, 0.29) is 6.61 Å². The molecule has 2 aromatic rings. The van der Waals surface area contributed by atoms with Crippen molar-refractivity contribution in [3.63, 3.8) is 0 Å². The van der Waals surface area contributed by atoms with E-state index in [0.29, 0.717) is 18.0 Å². The third kappa shape index (κ3) is 3.60. The van der Waals surface area contributed by atoms with Crippen molar-refractivity contribution in [2.75, 3.05) is 6.61 Å². The summed E-state index contributed by atoms with van der Waals surface area (Å²) in [5.74, 6) is 5.91. The van der Waals surface area contributed by atoms with Crippen LogP contribution in [-0.2, 0) is 6.54 Å². The summed E-state index contributed by atoms with van der Waals surface area (Å²) in [5, 5.41) is 13.4. The van der Waals surface area contributed by atoms with Crippen LogP contribution in [0.2, 0.25) is 5.02 Å². The van der Waals surface area contributed by atoms with Crippen LogP contribution in [0.25, 0.3) is 0 Å². The Labute approximate surface area is 109 Å². The molecular formula is C12H11ClN2OS. The van der Waals surface area contributed by atoms with Gasteiger partial charge in [-0.2, -0.15) is 5.10 Å². The third-order valence-corrected chi connectivity index (χ3v) is 3.21. The molecule has 0 saturated carbocycles. The molecule has 0 radical (unpaired) electrons. The highest BCUT2D eigenvalue weighted by Crippen LogP contribution is 2.17. The number of halogens is 1. The maximum atomic E-state index is 8.62. The summed E-state index contributed by atoms with van der Waals surface area (Å²) in [4.78, 5) is 2.18. The molecule has 0 unspecified atom stereocenters. The Bertz CT molecular complexity index is 550. The third-order valence-electron chi connectivity index (χ3n) is 2.03. The maximum Gasteiger partial charge on any atom is 0.0785 e. The zero-order valence-electron chi connectivity index (χ0n) is 9.06. The van der Waals surface area contributed by atoms with Gasteiger partial charge in [0.25, 0.3) is 0 Å². The lowest BCUT2D eigenvalue weighted by Gasteiger charge is -1.96. The maximum absolute atomic E-state index is 8.62. The van der Waals surface area contributed by atoms with Crippen molar-refractivity contribution in [2.45, 2.75) is 13.0 Å². The highest BCUT2D eigenvalue weighted by atomic mass is 35.5. The summed E-state index contributed by atoms with van der Waals surface area (Å²) in [5.41, 5.74) is 0. The molecule has 1 N–H and O–H groups in total. The van der Waals surface area contributed by atoms with Gasteiger partial charge in [-0.3, -0.25) is 4.68 Å². The van der Waals surface area contributed by atoms with Crippen LogP contribution in [0.4, 0.5) is 0 Å². The Morgan fingerprint density at radius 2 is 2.35 bits per heavy atom. The quantitative estimate of drug-likeness (QED) is 0.867. The number of aromatic nitrogens is 2. The fourth-order valence-corrected chi connectivity index (χ4v) is 2.35. The SMILES string of the molecule is OCCC#Cc1ccc(Cn2cc(Cl)cn2)s1. The number of hydrogen-bond acceptors (Lipinski definition) is 3. The molecule has 0 aliphatic carbocycles. The van der Waals surface area contributed by atoms with Gasteiger partial charge in [-0.25, -0.2) is 0 Å². The topological polar surface area (TPSA) is 38.0 Å². The number of nitrogens with zero attached hydrogens (tertiary/aromatic N) is 2. The van der Waals surface area contributed by atoms with Crippen LogP contribution in [0, 0.1) is 11.8 Å². The van der Waals surface area contributed by atoms with Crippen LogP contribution in [-0.4, -0.2) is 21.5 Å². The average Bonchev–Trinajstić information content (AvgIpc) is 2.90. The molecule has 0 fully saturated rings. The monoisotopic (exact) mass is 266 g/mol. The molecule has 0 aliphatic rings. The fourth-order valence-electron chi connectivity index (χ4n) is 1.32. The van der Waals surface area contributed by atoms with Gasteiger partial charge in [0, 0.05) is 17.5 Å². The van der Waals surface area contributed by atoms with Crippen molar-refractivity contribution < 1.29 is 5.11 Å². The minimum Gasteiger partial charge on any atom is -0.395 e. The van der Waals surface area contributed by atoms with Crippen molar-refractivity contribution in [2.24, 2.45) is 0 Å². The number of aliphatic hydroxyl groups excluding tert-OH is 1. The first-order valence-corrected chi connectivity index (χ1v) is 6.34. The van der Waals surface area contributed by atoms with E-state index >= 15 is 0 Å². The van der Waals surface area contributed by atoms with Gasteiger partial charge in [0.1, 0.15) is 0 Å². The van der Waals surface area contributed by atoms with Gasteiger partial charge in [-0.15, -0.1) is 11.3 Å². The summed E-state index contributed by atoms with van der Waals surface area (Å²) in [7, 11) is 0. The number of hydrogen-bond donors (Lipinski definition) is 1. The highest BCUT2D eigenvalue weighted by molar-refractivity contribution is 7.12. The van der Waals surface area contributed by atoms with E-state index in [9.17, 15) is 0 Å². The molecule has 2 heterocycles. The standard InChI is InChI=1S/C12H11ClN2OS/c13-10-7-14-15(8-10)9-12-5-4-11(17-12)3-1-2-6-16/h4-5,7-8,16H,2,6,9H2. The van der Waals surface area contributed by atoms with Crippen molar-refractivity contribution in [1.82, 2.24) is 9.78 Å². The van der Waals surface area contributed by atoms with Crippen molar-refractivity contribution in [3.8, 4) is 11.8 Å². The molecule has 0 atom stereocenters. The first kappa shape index (κ1) is 12.2. The van der Waals surface area contributed by atoms with Crippen LogP contribution in [0.15, 0.2) is 24.5 Å². The van der Waals surface area contributed by atoms with Gasteiger partial charge in [0.2, 0.25) is 0 Å². The Kier molecular flexibility index (Phi) is 4.21. The van der Waals surface area contributed by atoms with E-state index in [1.54, 1.807) is 28.4 Å². The summed E-state index contributed by atoms with van der Waals surface area (Å²) in [6, 6.07) is 4.01. The zero-order chi connectivity index (χ0) is 12.1. The van der Waals surface area contributed by atoms with E-state index < -0.39 is 0 Å². The predicted octanol–water partition coefficient (Wildman–Crippen LogP) is 2.38.